The highest BCUT2D eigenvalue weighted by atomic mass is 16.4. The number of rotatable bonds is 5. The largest absolute Gasteiger partial charge is 0.481 e. The molecular weight excluding hydrogens is 266 g/mol. The van der Waals surface area contributed by atoms with Crippen LogP contribution in [0.15, 0.2) is 30.3 Å². The van der Waals surface area contributed by atoms with Crippen LogP contribution in [0.2, 0.25) is 0 Å². The molecule has 2 N–H and O–H groups in total. The maximum atomic E-state index is 11.1. The van der Waals surface area contributed by atoms with E-state index in [-0.39, 0.29) is 12.0 Å². The Labute approximate surface area is 125 Å². The maximum Gasteiger partial charge on any atom is 0.305 e. The highest BCUT2D eigenvalue weighted by Crippen LogP contribution is 2.26. The van der Waals surface area contributed by atoms with Gasteiger partial charge in [-0.3, -0.25) is 14.6 Å². The molecule has 0 unspecified atom stereocenters. The molecule has 1 aromatic rings. The number of aliphatic carboxylic acids is 1. The summed E-state index contributed by atoms with van der Waals surface area (Å²) in [5.74, 6) is -0.691. The predicted molar refractivity (Wildman–Crippen MR) is 81.1 cm³/mol. The van der Waals surface area contributed by atoms with Gasteiger partial charge in [0.05, 0.1) is 12.0 Å². The minimum Gasteiger partial charge on any atom is -0.481 e. The first-order valence-electron chi connectivity index (χ1n) is 7.62. The van der Waals surface area contributed by atoms with Gasteiger partial charge in [0.15, 0.2) is 0 Å². The van der Waals surface area contributed by atoms with E-state index in [2.05, 4.69) is 39.4 Å². The molecule has 0 spiro atoms. The molecule has 5 heteroatoms. The molecular formula is C16H23N3O2. The Hall–Kier alpha value is -1.43. The first-order valence-corrected chi connectivity index (χ1v) is 7.62. The van der Waals surface area contributed by atoms with Gasteiger partial charge in [0.1, 0.15) is 0 Å². The van der Waals surface area contributed by atoms with E-state index >= 15 is 0 Å². The van der Waals surface area contributed by atoms with E-state index in [1.807, 2.05) is 6.07 Å². The number of hydrogen-bond acceptors (Lipinski definition) is 4. The molecule has 0 aromatic heterocycles. The second-order valence-electron chi connectivity index (χ2n) is 6.15. The van der Waals surface area contributed by atoms with Crippen molar-refractivity contribution in [2.75, 3.05) is 39.3 Å². The molecule has 2 aliphatic rings. The zero-order valence-corrected chi connectivity index (χ0v) is 12.3. The fraction of sp³-hybridized carbons (Fsp3) is 0.562. The van der Waals surface area contributed by atoms with Crippen LogP contribution in [-0.2, 0) is 11.3 Å². The number of piperazine rings is 1. The van der Waals surface area contributed by atoms with Gasteiger partial charge in [0.2, 0.25) is 0 Å². The molecule has 0 aliphatic carbocycles. The SMILES string of the molecule is O=C(O)CC1(N2CCN(Cc3ccccc3)CC2)CNC1. The molecule has 1 aromatic carbocycles. The summed E-state index contributed by atoms with van der Waals surface area (Å²) in [6.45, 7) is 6.53. The van der Waals surface area contributed by atoms with Gasteiger partial charge in [-0.2, -0.15) is 0 Å². The summed E-state index contributed by atoms with van der Waals surface area (Å²) in [6, 6.07) is 10.5. The number of nitrogens with one attached hydrogen (secondary N) is 1. The fourth-order valence-electron chi connectivity index (χ4n) is 3.38. The minimum atomic E-state index is -0.691. The number of carboxylic acid groups (broad SMARTS) is 1. The predicted octanol–water partition coefficient (Wildman–Crippen LogP) is 0.621. The fourth-order valence-corrected chi connectivity index (χ4v) is 3.38. The van der Waals surface area contributed by atoms with Crippen molar-refractivity contribution < 1.29 is 9.90 Å². The number of hydrogen-bond donors (Lipinski definition) is 2. The van der Waals surface area contributed by atoms with Gasteiger partial charge in [0.25, 0.3) is 0 Å². The highest BCUT2D eigenvalue weighted by Gasteiger charge is 2.44. The van der Waals surface area contributed by atoms with Gasteiger partial charge in [-0.15, -0.1) is 0 Å². The molecule has 0 atom stereocenters. The van der Waals surface area contributed by atoms with E-state index in [4.69, 9.17) is 5.11 Å². The second kappa shape index (κ2) is 6.13. The van der Waals surface area contributed by atoms with E-state index in [1.54, 1.807) is 0 Å². The van der Waals surface area contributed by atoms with Crippen molar-refractivity contribution in [3.8, 4) is 0 Å². The Morgan fingerprint density at radius 2 is 1.81 bits per heavy atom. The number of carbonyl (C=O) groups is 1. The van der Waals surface area contributed by atoms with Crippen molar-refractivity contribution in [2.24, 2.45) is 0 Å². The Bertz CT molecular complexity index is 480. The molecule has 2 heterocycles. The van der Waals surface area contributed by atoms with Crippen molar-refractivity contribution in [3.05, 3.63) is 35.9 Å². The molecule has 3 rings (SSSR count). The topological polar surface area (TPSA) is 55.8 Å². The molecule has 2 saturated heterocycles. The molecule has 2 fully saturated rings. The summed E-state index contributed by atoms with van der Waals surface area (Å²) in [6.07, 6.45) is 0.249. The maximum absolute atomic E-state index is 11.1. The van der Waals surface area contributed by atoms with Gasteiger partial charge < -0.3 is 10.4 Å². The van der Waals surface area contributed by atoms with Crippen LogP contribution < -0.4 is 5.32 Å². The van der Waals surface area contributed by atoms with Crippen LogP contribution in [-0.4, -0.2) is 65.7 Å². The molecule has 5 nitrogen and oxygen atoms in total. The summed E-state index contributed by atoms with van der Waals surface area (Å²) < 4.78 is 0. The third-order valence-corrected chi connectivity index (χ3v) is 4.68. The lowest BCUT2D eigenvalue weighted by Crippen LogP contribution is -2.72. The lowest BCUT2D eigenvalue weighted by molar-refractivity contribution is -0.142. The lowest BCUT2D eigenvalue weighted by atomic mass is 9.86. The normalized spacial score (nSPS) is 22.7. The average molecular weight is 289 g/mol. The van der Waals surface area contributed by atoms with E-state index in [1.165, 1.54) is 5.56 Å². The molecule has 21 heavy (non-hydrogen) atoms. The summed E-state index contributed by atoms with van der Waals surface area (Å²) >= 11 is 0. The summed E-state index contributed by atoms with van der Waals surface area (Å²) in [4.78, 5) is 15.9. The Balaban J connectivity index is 1.54. The zero-order valence-electron chi connectivity index (χ0n) is 12.3. The smallest absolute Gasteiger partial charge is 0.305 e. The van der Waals surface area contributed by atoms with Crippen molar-refractivity contribution in [1.82, 2.24) is 15.1 Å². The molecule has 114 valence electrons. The highest BCUT2D eigenvalue weighted by molar-refractivity contribution is 5.68. The lowest BCUT2D eigenvalue weighted by Gasteiger charge is -2.52. The van der Waals surface area contributed by atoms with Crippen LogP contribution >= 0.6 is 0 Å². The first kappa shape index (κ1) is 14.5. The molecule has 0 amide bonds. The van der Waals surface area contributed by atoms with Crippen LogP contribution in [0.25, 0.3) is 0 Å². The third-order valence-electron chi connectivity index (χ3n) is 4.68. The van der Waals surface area contributed by atoms with Crippen LogP contribution in [0.1, 0.15) is 12.0 Å². The monoisotopic (exact) mass is 289 g/mol. The first-order chi connectivity index (χ1) is 10.2. The van der Waals surface area contributed by atoms with Crippen LogP contribution in [0, 0.1) is 0 Å². The Kier molecular flexibility index (Phi) is 4.24. The standard InChI is InChI=1S/C16H23N3O2/c20-15(21)10-16(12-17-13-16)19-8-6-18(7-9-19)11-14-4-2-1-3-5-14/h1-5,17H,6-13H2,(H,20,21). The summed E-state index contributed by atoms with van der Waals surface area (Å²) in [5, 5.41) is 12.4. The van der Waals surface area contributed by atoms with Gasteiger partial charge in [0, 0.05) is 45.8 Å². The van der Waals surface area contributed by atoms with E-state index < -0.39 is 5.97 Å². The van der Waals surface area contributed by atoms with Crippen LogP contribution in [0.4, 0.5) is 0 Å². The van der Waals surface area contributed by atoms with Gasteiger partial charge >= 0.3 is 5.97 Å². The van der Waals surface area contributed by atoms with Crippen molar-refractivity contribution >= 4 is 5.97 Å². The Morgan fingerprint density at radius 3 is 2.33 bits per heavy atom. The van der Waals surface area contributed by atoms with E-state index in [0.29, 0.717) is 0 Å². The number of benzene rings is 1. The summed E-state index contributed by atoms with van der Waals surface area (Å²) in [5.41, 5.74) is 1.20. The van der Waals surface area contributed by atoms with E-state index in [9.17, 15) is 4.79 Å². The van der Waals surface area contributed by atoms with Gasteiger partial charge in [-0.1, -0.05) is 30.3 Å². The molecule has 0 saturated carbocycles. The van der Waals surface area contributed by atoms with Crippen LogP contribution in [0.3, 0.4) is 0 Å². The van der Waals surface area contributed by atoms with Gasteiger partial charge in [-0.05, 0) is 5.56 Å². The van der Waals surface area contributed by atoms with Gasteiger partial charge in [-0.25, -0.2) is 0 Å². The number of carboxylic acids is 1. The van der Waals surface area contributed by atoms with Crippen molar-refractivity contribution in [2.45, 2.75) is 18.5 Å². The summed E-state index contributed by atoms with van der Waals surface area (Å²) in [7, 11) is 0. The quantitative estimate of drug-likeness (QED) is 0.832. The van der Waals surface area contributed by atoms with Crippen molar-refractivity contribution in [1.29, 1.82) is 0 Å². The molecule has 2 aliphatic heterocycles. The zero-order chi connectivity index (χ0) is 14.7. The molecule has 0 bridgehead atoms. The van der Waals surface area contributed by atoms with E-state index in [0.717, 1.165) is 45.8 Å². The number of nitrogens with zero attached hydrogens (tertiary/aromatic N) is 2. The molecule has 0 radical (unpaired) electrons. The average Bonchev–Trinajstić information content (AvgIpc) is 2.45. The Morgan fingerprint density at radius 1 is 1.14 bits per heavy atom. The van der Waals surface area contributed by atoms with Crippen molar-refractivity contribution in [3.63, 3.8) is 0 Å². The second-order valence-corrected chi connectivity index (χ2v) is 6.15. The third kappa shape index (κ3) is 3.26. The van der Waals surface area contributed by atoms with Crippen LogP contribution in [0.5, 0.6) is 0 Å². The minimum absolute atomic E-state index is 0.148.